The summed E-state index contributed by atoms with van der Waals surface area (Å²) in [5.41, 5.74) is 1.90. The number of ether oxygens (including phenoxy) is 2. The molecular weight excluding hydrogens is 534 g/mol. The Kier molecular flexibility index (Phi) is 10.1. The fourth-order valence-corrected chi connectivity index (χ4v) is 6.24. The number of anilines is 4. The average molecular weight is 580 g/mol. The van der Waals surface area contributed by atoms with Crippen molar-refractivity contribution in [3.8, 4) is 5.75 Å². The van der Waals surface area contributed by atoms with E-state index in [2.05, 4.69) is 32.8 Å². The van der Waals surface area contributed by atoms with Crippen molar-refractivity contribution in [1.29, 1.82) is 0 Å². The molecular formula is C31H45N7O4. The lowest BCUT2D eigenvalue weighted by atomic mass is 10.0. The molecule has 11 nitrogen and oxygen atoms in total. The Labute approximate surface area is 248 Å². The maximum atomic E-state index is 13.2. The van der Waals surface area contributed by atoms with E-state index in [1.54, 1.807) is 37.4 Å². The van der Waals surface area contributed by atoms with E-state index in [9.17, 15) is 9.59 Å². The predicted octanol–water partition coefficient (Wildman–Crippen LogP) is 4.01. The number of carbonyl (C=O) groups excluding carboxylic acids is 2. The number of hydrogen-bond acceptors (Lipinski definition) is 9. The molecule has 1 atom stereocenters. The summed E-state index contributed by atoms with van der Waals surface area (Å²) in [6, 6.07) is 5.36. The van der Waals surface area contributed by atoms with Gasteiger partial charge in [-0.25, -0.2) is 4.98 Å². The van der Waals surface area contributed by atoms with Gasteiger partial charge in [-0.05, 0) is 76.2 Å². The minimum atomic E-state index is -0.234. The van der Waals surface area contributed by atoms with Crippen molar-refractivity contribution in [2.24, 2.45) is 0 Å². The molecule has 3 heterocycles. The summed E-state index contributed by atoms with van der Waals surface area (Å²) in [6.45, 7) is 5.42. The van der Waals surface area contributed by atoms with Gasteiger partial charge in [-0.3, -0.25) is 9.59 Å². The molecule has 2 fully saturated rings. The SMILES string of the molecule is CC[C@@H]1C(=O)N(C)c2cnc(Nc3ccc(C(=O)NCCCCOC4CCNCC4)cc3OC)nc2N1C1CCCC1. The van der Waals surface area contributed by atoms with Gasteiger partial charge in [-0.1, -0.05) is 19.8 Å². The number of rotatable bonds is 12. The zero-order valence-corrected chi connectivity index (χ0v) is 25.2. The highest BCUT2D eigenvalue weighted by Gasteiger charge is 2.41. The summed E-state index contributed by atoms with van der Waals surface area (Å²) in [5.74, 6) is 1.66. The second-order valence-electron chi connectivity index (χ2n) is 11.4. The van der Waals surface area contributed by atoms with Crippen molar-refractivity contribution in [3.63, 3.8) is 0 Å². The molecule has 1 aromatic carbocycles. The fraction of sp³-hybridized carbons (Fsp3) is 0.613. The molecule has 0 unspecified atom stereocenters. The van der Waals surface area contributed by atoms with Gasteiger partial charge in [0, 0.05) is 31.8 Å². The number of likely N-dealkylation sites (N-methyl/N-ethyl adjacent to an activating group) is 1. The number of hydrogen-bond donors (Lipinski definition) is 3. The number of methoxy groups -OCH3 is 1. The Hall–Kier alpha value is -3.44. The van der Waals surface area contributed by atoms with Crippen molar-refractivity contribution < 1.29 is 19.1 Å². The molecule has 1 saturated carbocycles. The van der Waals surface area contributed by atoms with Crippen LogP contribution in [0.5, 0.6) is 5.75 Å². The number of piperidine rings is 1. The zero-order valence-electron chi connectivity index (χ0n) is 25.2. The third kappa shape index (κ3) is 6.78. The molecule has 42 heavy (non-hydrogen) atoms. The van der Waals surface area contributed by atoms with Crippen LogP contribution in [0.2, 0.25) is 0 Å². The van der Waals surface area contributed by atoms with Crippen molar-refractivity contribution in [1.82, 2.24) is 20.6 Å². The number of carbonyl (C=O) groups is 2. The monoisotopic (exact) mass is 579 g/mol. The fourth-order valence-electron chi connectivity index (χ4n) is 6.24. The van der Waals surface area contributed by atoms with Crippen LogP contribution in [0.1, 0.15) is 75.1 Å². The van der Waals surface area contributed by atoms with E-state index < -0.39 is 0 Å². The quantitative estimate of drug-likeness (QED) is 0.320. The molecule has 2 aliphatic heterocycles. The Morgan fingerprint density at radius 3 is 2.67 bits per heavy atom. The van der Waals surface area contributed by atoms with E-state index in [-0.39, 0.29) is 17.9 Å². The lowest BCUT2D eigenvalue weighted by Gasteiger charge is -2.43. The maximum Gasteiger partial charge on any atom is 0.251 e. The third-order valence-corrected chi connectivity index (χ3v) is 8.62. The molecule has 0 bridgehead atoms. The number of benzene rings is 1. The Morgan fingerprint density at radius 2 is 1.93 bits per heavy atom. The highest BCUT2D eigenvalue weighted by atomic mass is 16.5. The minimum Gasteiger partial charge on any atom is -0.495 e. The van der Waals surface area contributed by atoms with Crippen LogP contribution in [0.15, 0.2) is 24.4 Å². The Bertz CT molecular complexity index is 1230. The van der Waals surface area contributed by atoms with Crippen molar-refractivity contribution in [2.75, 3.05) is 55.5 Å². The van der Waals surface area contributed by atoms with Crippen LogP contribution in [-0.2, 0) is 9.53 Å². The van der Waals surface area contributed by atoms with E-state index >= 15 is 0 Å². The Balaban J connectivity index is 1.21. The van der Waals surface area contributed by atoms with Gasteiger partial charge in [0.1, 0.15) is 17.5 Å². The maximum absolute atomic E-state index is 13.2. The van der Waals surface area contributed by atoms with Gasteiger partial charge in [-0.2, -0.15) is 4.98 Å². The zero-order chi connectivity index (χ0) is 29.5. The minimum absolute atomic E-state index is 0.0855. The molecule has 1 saturated heterocycles. The van der Waals surface area contributed by atoms with Gasteiger partial charge >= 0.3 is 0 Å². The molecule has 11 heteroatoms. The van der Waals surface area contributed by atoms with Crippen molar-refractivity contribution in [2.45, 2.75) is 82.9 Å². The van der Waals surface area contributed by atoms with E-state index in [1.165, 1.54) is 0 Å². The first-order chi connectivity index (χ1) is 20.5. The molecule has 1 aliphatic carbocycles. The van der Waals surface area contributed by atoms with Crippen LogP contribution in [0.4, 0.5) is 23.1 Å². The molecule has 0 spiro atoms. The summed E-state index contributed by atoms with van der Waals surface area (Å²) in [5, 5.41) is 9.62. The first kappa shape index (κ1) is 30.0. The molecule has 228 valence electrons. The first-order valence-corrected chi connectivity index (χ1v) is 15.5. The van der Waals surface area contributed by atoms with E-state index in [0.29, 0.717) is 41.6 Å². The topological polar surface area (TPSA) is 121 Å². The molecule has 5 rings (SSSR count). The molecule has 2 amide bonds. The Morgan fingerprint density at radius 1 is 1.14 bits per heavy atom. The highest BCUT2D eigenvalue weighted by molar-refractivity contribution is 6.04. The molecule has 3 aliphatic rings. The molecule has 1 aromatic heterocycles. The second-order valence-corrected chi connectivity index (χ2v) is 11.4. The summed E-state index contributed by atoms with van der Waals surface area (Å²) in [4.78, 5) is 39.3. The first-order valence-electron chi connectivity index (χ1n) is 15.5. The highest BCUT2D eigenvalue weighted by Crippen LogP contribution is 2.40. The van der Waals surface area contributed by atoms with E-state index in [4.69, 9.17) is 14.5 Å². The number of fused-ring (bicyclic) bond motifs is 1. The number of amides is 2. The van der Waals surface area contributed by atoms with Gasteiger partial charge in [-0.15, -0.1) is 0 Å². The normalized spacial score (nSPS) is 19.6. The molecule has 3 N–H and O–H groups in total. The lowest BCUT2D eigenvalue weighted by Crippen LogP contribution is -2.55. The average Bonchev–Trinajstić information content (AvgIpc) is 3.55. The smallest absolute Gasteiger partial charge is 0.251 e. The molecule has 0 radical (unpaired) electrons. The predicted molar refractivity (Wildman–Crippen MR) is 164 cm³/mol. The van der Waals surface area contributed by atoms with E-state index in [0.717, 1.165) is 89.0 Å². The second kappa shape index (κ2) is 14.2. The summed E-state index contributed by atoms with van der Waals surface area (Å²) < 4.78 is 11.6. The van der Waals surface area contributed by atoms with Gasteiger partial charge in [0.15, 0.2) is 5.82 Å². The largest absolute Gasteiger partial charge is 0.495 e. The number of unbranched alkanes of at least 4 members (excludes halogenated alkanes) is 1. The number of aromatic nitrogens is 2. The van der Waals surface area contributed by atoms with Crippen LogP contribution < -0.4 is 30.5 Å². The van der Waals surface area contributed by atoms with Crippen LogP contribution in [0, 0.1) is 0 Å². The van der Waals surface area contributed by atoms with Crippen molar-refractivity contribution >= 4 is 35.0 Å². The number of nitrogens with zero attached hydrogens (tertiary/aromatic N) is 4. The number of nitrogens with one attached hydrogen (secondary N) is 3. The summed E-state index contributed by atoms with van der Waals surface area (Å²) in [6.07, 6.45) is 11.1. The van der Waals surface area contributed by atoms with Gasteiger partial charge in [0.2, 0.25) is 11.9 Å². The van der Waals surface area contributed by atoms with Crippen LogP contribution >= 0.6 is 0 Å². The van der Waals surface area contributed by atoms with Gasteiger partial charge < -0.3 is 35.2 Å². The summed E-state index contributed by atoms with van der Waals surface area (Å²) in [7, 11) is 3.37. The van der Waals surface area contributed by atoms with Crippen LogP contribution in [-0.4, -0.2) is 80.4 Å². The van der Waals surface area contributed by atoms with Crippen molar-refractivity contribution in [3.05, 3.63) is 30.0 Å². The molecule has 2 aromatic rings. The van der Waals surface area contributed by atoms with Gasteiger partial charge in [0.25, 0.3) is 5.91 Å². The standard InChI is InChI=1S/C31H45N7O4/c1-4-25-30(40)37(2)26-20-34-31(36-28(26)38(25)22-9-5-6-10-22)35-24-12-11-21(19-27(24)41-3)29(39)33-15-7-8-18-42-23-13-16-32-17-14-23/h11-12,19-20,22-23,25,32H,4-10,13-18H2,1-3H3,(H,33,39)(H,34,35,36)/t25-/m1/s1. The lowest BCUT2D eigenvalue weighted by molar-refractivity contribution is -0.120. The van der Waals surface area contributed by atoms with Crippen LogP contribution in [0.25, 0.3) is 0 Å². The van der Waals surface area contributed by atoms with Crippen LogP contribution in [0.3, 0.4) is 0 Å². The summed E-state index contributed by atoms with van der Waals surface area (Å²) >= 11 is 0. The van der Waals surface area contributed by atoms with E-state index in [1.807, 2.05) is 6.07 Å². The van der Waals surface area contributed by atoms with Gasteiger partial charge in [0.05, 0.1) is 25.1 Å². The third-order valence-electron chi connectivity index (χ3n) is 8.62.